The molecule has 104 valence electrons. The summed E-state index contributed by atoms with van der Waals surface area (Å²) in [5, 5.41) is 4.33. The molecule has 0 saturated heterocycles. The maximum absolute atomic E-state index is 11.8. The number of anilines is 1. The highest BCUT2D eigenvalue weighted by Gasteiger charge is 2.14. The fourth-order valence-electron chi connectivity index (χ4n) is 1.53. The third-order valence-corrected chi connectivity index (χ3v) is 3.35. The van der Waals surface area contributed by atoms with Gasteiger partial charge < -0.3 is 14.5 Å². The number of methoxy groups -OCH3 is 1. The van der Waals surface area contributed by atoms with Crippen LogP contribution in [-0.2, 0) is 9.53 Å². The standard InChI is InChI=1S/C14H13NO4S/c1-9-3-4-10(19-9)5-6-12(16)15-11-7-8-20-13(11)14(17)18-2/h3-8H,1-2H3,(H,15,16). The van der Waals surface area contributed by atoms with Crippen LogP contribution in [-0.4, -0.2) is 19.0 Å². The lowest BCUT2D eigenvalue weighted by molar-refractivity contribution is -0.111. The number of rotatable bonds is 4. The fourth-order valence-corrected chi connectivity index (χ4v) is 2.30. The van der Waals surface area contributed by atoms with Crippen molar-refractivity contribution < 1.29 is 18.7 Å². The number of carbonyl (C=O) groups is 2. The van der Waals surface area contributed by atoms with Crippen molar-refractivity contribution >= 4 is 35.0 Å². The summed E-state index contributed by atoms with van der Waals surface area (Å²) < 4.78 is 9.95. The number of amides is 1. The molecular formula is C14H13NO4S. The molecule has 0 saturated carbocycles. The highest BCUT2D eigenvalue weighted by atomic mass is 32.1. The van der Waals surface area contributed by atoms with Crippen LogP contribution in [0.4, 0.5) is 5.69 Å². The van der Waals surface area contributed by atoms with Gasteiger partial charge in [-0.2, -0.15) is 0 Å². The molecule has 0 aliphatic heterocycles. The zero-order valence-corrected chi connectivity index (χ0v) is 11.8. The number of nitrogens with one attached hydrogen (secondary N) is 1. The Morgan fingerprint density at radius 1 is 1.35 bits per heavy atom. The summed E-state index contributed by atoms with van der Waals surface area (Å²) in [6, 6.07) is 5.23. The second kappa shape index (κ2) is 6.21. The summed E-state index contributed by atoms with van der Waals surface area (Å²) in [6.45, 7) is 1.82. The lowest BCUT2D eigenvalue weighted by atomic mass is 10.3. The molecule has 2 aromatic heterocycles. The molecule has 0 bridgehead atoms. The number of ether oxygens (including phenoxy) is 1. The first kappa shape index (κ1) is 14.1. The minimum atomic E-state index is -0.471. The molecule has 5 nitrogen and oxygen atoms in total. The number of furan rings is 1. The predicted octanol–water partition coefficient (Wildman–Crippen LogP) is 3.09. The summed E-state index contributed by atoms with van der Waals surface area (Å²) in [5.41, 5.74) is 0.437. The van der Waals surface area contributed by atoms with Gasteiger partial charge in [-0.1, -0.05) is 0 Å². The van der Waals surface area contributed by atoms with Gasteiger partial charge in [0.2, 0.25) is 5.91 Å². The van der Waals surface area contributed by atoms with Gasteiger partial charge in [0.25, 0.3) is 0 Å². The number of hydrogen-bond acceptors (Lipinski definition) is 5. The lowest BCUT2D eigenvalue weighted by Gasteiger charge is -2.02. The van der Waals surface area contributed by atoms with E-state index in [1.54, 1.807) is 23.6 Å². The molecule has 1 N–H and O–H groups in total. The Bertz CT molecular complexity index is 654. The summed E-state index contributed by atoms with van der Waals surface area (Å²) in [7, 11) is 1.30. The van der Waals surface area contributed by atoms with E-state index in [1.807, 2.05) is 13.0 Å². The van der Waals surface area contributed by atoms with Crippen molar-refractivity contribution in [3.05, 3.63) is 46.1 Å². The van der Waals surface area contributed by atoms with E-state index in [0.717, 1.165) is 5.76 Å². The quantitative estimate of drug-likeness (QED) is 0.694. The smallest absolute Gasteiger partial charge is 0.350 e. The molecular weight excluding hydrogens is 278 g/mol. The van der Waals surface area contributed by atoms with Crippen molar-refractivity contribution in [2.75, 3.05) is 12.4 Å². The van der Waals surface area contributed by atoms with Crippen molar-refractivity contribution in [2.24, 2.45) is 0 Å². The molecule has 1 amide bonds. The van der Waals surface area contributed by atoms with Crippen LogP contribution in [0.2, 0.25) is 0 Å². The first-order valence-corrected chi connectivity index (χ1v) is 6.69. The molecule has 0 aliphatic rings. The largest absolute Gasteiger partial charge is 0.465 e. The van der Waals surface area contributed by atoms with Gasteiger partial charge in [-0.15, -0.1) is 11.3 Å². The van der Waals surface area contributed by atoms with Crippen LogP contribution >= 0.6 is 11.3 Å². The van der Waals surface area contributed by atoms with Crippen LogP contribution in [0.25, 0.3) is 6.08 Å². The Morgan fingerprint density at radius 2 is 2.15 bits per heavy atom. The van der Waals surface area contributed by atoms with Crippen LogP contribution in [0.5, 0.6) is 0 Å². The summed E-state index contributed by atoms with van der Waals surface area (Å²) in [5.74, 6) is 0.551. The molecule has 2 heterocycles. The zero-order valence-electron chi connectivity index (χ0n) is 11.0. The first-order chi connectivity index (χ1) is 9.60. The maximum atomic E-state index is 11.8. The van der Waals surface area contributed by atoms with Crippen molar-refractivity contribution in [1.29, 1.82) is 0 Å². The molecule has 0 atom stereocenters. The van der Waals surface area contributed by atoms with Crippen LogP contribution < -0.4 is 5.32 Å². The van der Waals surface area contributed by atoms with Crippen molar-refractivity contribution in [1.82, 2.24) is 0 Å². The average Bonchev–Trinajstić information content (AvgIpc) is 3.04. The first-order valence-electron chi connectivity index (χ1n) is 5.81. The highest BCUT2D eigenvalue weighted by Crippen LogP contribution is 2.23. The van der Waals surface area contributed by atoms with E-state index in [2.05, 4.69) is 10.1 Å². The molecule has 2 rings (SSSR count). The van der Waals surface area contributed by atoms with Crippen LogP contribution in [0.3, 0.4) is 0 Å². The Kier molecular flexibility index (Phi) is 4.37. The number of esters is 1. The van der Waals surface area contributed by atoms with E-state index in [0.29, 0.717) is 16.3 Å². The topological polar surface area (TPSA) is 68.5 Å². The Morgan fingerprint density at radius 3 is 2.80 bits per heavy atom. The maximum Gasteiger partial charge on any atom is 0.350 e. The minimum absolute atomic E-state index is 0.345. The molecule has 0 radical (unpaired) electrons. The second-order valence-corrected chi connectivity index (χ2v) is 4.84. The van der Waals surface area contributed by atoms with Crippen LogP contribution in [0, 0.1) is 6.92 Å². The monoisotopic (exact) mass is 291 g/mol. The van der Waals surface area contributed by atoms with Crippen molar-refractivity contribution in [3.8, 4) is 0 Å². The molecule has 20 heavy (non-hydrogen) atoms. The van der Waals surface area contributed by atoms with Gasteiger partial charge in [-0.25, -0.2) is 4.79 Å². The Labute approximate surface area is 119 Å². The van der Waals surface area contributed by atoms with E-state index in [1.165, 1.54) is 24.5 Å². The summed E-state index contributed by atoms with van der Waals surface area (Å²) >= 11 is 1.21. The van der Waals surface area contributed by atoms with Gasteiger partial charge in [0.1, 0.15) is 16.4 Å². The molecule has 0 aliphatic carbocycles. The van der Waals surface area contributed by atoms with E-state index < -0.39 is 5.97 Å². The zero-order chi connectivity index (χ0) is 14.5. The Hall–Kier alpha value is -2.34. The van der Waals surface area contributed by atoms with Crippen molar-refractivity contribution in [2.45, 2.75) is 6.92 Å². The van der Waals surface area contributed by atoms with E-state index in [4.69, 9.17) is 4.42 Å². The second-order valence-electron chi connectivity index (χ2n) is 3.93. The lowest BCUT2D eigenvalue weighted by Crippen LogP contribution is -2.10. The van der Waals surface area contributed by atoms with E-state index in [9.17, 15) is 9.59 Å². The molecule has 2 aromatic rings. The number of aryl methyl sites for hydroxylation is 1. The predicted molar refractivity (Wildman–Crippen MR) is 76.8 cm³/mol. The van der Waals surface area contributed by atoms with Gasteiger partial charge in [-0.05, 0) is 36.6 Å². The third-order valence-electron chi connectivity index (χ3n) is 2.45. The highest BCUT2D eigenvalue weighted by molar-refractivity contribution is 7.12. The van der Waals surface area contributed by atoms with Gasteiger partial charge in [-0.3, -0.25) is 4.79 Å². The number of thiophene rings is 1. The molecule has 0 unspecified atom stereocenters. The molecule has 0 fully saturated rings. The molecule has 0 spiro atoms. The van der Waals surface area contributed by atoms with Crippen LogP contribution in [0.1, 0.15) is 21.2 Å². The Balaban J connectivity index is 2.03. The SMILES string of the molecule is COC(=O)c1sccc1NC(=O)C=Cc1ccc(C)o1. The van der Waals surface area contributed by atoms with E-state index >= 15 is 0 Å². The third kappa shape index (κ3) is 3.36. The van der Waals surface area contributed by atoms with Gasteiger partial charge in [0.15, 0.2) is 0 Å². The molecule has 0 aromatic carbocycles. The van der Waals surface area contributed by atoms with Gasteiger partial charge in [0, 0.05) is 6.08 Å². The van der Waals surface area contributed by atoms with Gasteiger partial charge >= 0.3 is 5.97 Å². The van der Waals surface area contributed by atoms with E-state index in [-0.39, 0.29) is 5.91 Å². The molecule has 6 heteroatoms. The normalized spacial score (nSPS) is 10.7. The van der Waals surface area contributed by atoms with Crippen molar-refractivity contribution in [3.63, 3.8) is 0 Å². The van der Waals surface area contributed by atoms with Gasteiger partial charge in [0.05, 0.1) is 12.8 Å². The number of hydrogen-bond donors (Lipinski definition) is 1. The van der Waals surface area contributed by atoms with Crippen LogP contribution in [0.15, 0.2) is 34.1 Å². The average molecular weight is 291 g/mol. The summed E-state index contributed by atoms with van der Waals surface area (Å²) in [4.78, 5) is 23.6. The number of carbonyl (C=O) groups excluding carboxylic acids is 2. The minimum Gasteiger partial charge on any atom is -0.465 e. The fraction of sp³-hybridized carbons (Fsp3) is 0.143. The summed E-state index contributed by atoms with van der Waals surface area (Å²) in [6.07, 6.45) is 2.91.